The Balaban J connectivity index is 1.21. The van der Waals surface area contributed by atoms with E-state index in [1.54, 1.807) is 0 Å². The molecule has 4 unspecified atom stereocenters. The van der Waals surface area contributed by atoms with Crippen LogP contribution in [0.4, 0.5) is 0 Å². The molecule has 63 heavy (non-hydrogen) atoms. The Hall–Kier alpha value is -8.13. The van der Waals surface area contributed by atoms with Crippen molar-refractivity contribution in [3.63, 3.8) is 0 Å². The predicted molar refractivity (Wildman–Crippen MR) is 257 cm³/mol. The van der Waals surface area contributed by atoms with Crippen molar-refractivity contribution in [1.29, 1.82) is 5.26 Å². The van der Waals surface area contributed by atoms with Gasteiger partial charge in [0.05, 0.1) is 17.4 Å². The second kappa shape index (κ2) is 16.4. The predicted octanol–water partition coefficient (Wildman–Crippen LogP) is 14.6. The molecule has 0 saturated heterocycles. The van der Waals surface area contributed by atoms with Crippen LogP contribution in [-0.2, 0) is 0 Å². The molecule has 4 atom stereocenters. The van der Waals surface area contributed by atoms with Crippen molar-refractivity contribution < 1.29 is 0 Å². The van der Waals surface area contributed by atoms with Crippen LogP contribution in [0.1, 0.15) is 46.3 Å². The first-order chi connectivity index (χ1) is 31.2. The molecule has 0 radical (unpaired) electrons. The minimum absolute atomic E-state index is 0.00498. The number of fused-ring (bicyclic) bond motifs is 3. The summed E-state index contributed by atoms with van der Waals surface area (Å²) in [7, 11) is 0. The number of nitriles is 1. The highest BCUT2D eigenvalue weighted by molar-refractivity contribution is 6.10. The van der Waals surface area contributed by atoms with Crippen molar-refractivity contribution >= 4 is 21.8 Å². The van der Waals surface area contributed by atoms with E-state index in [4.69, 9.17) is 9.97 Å². The van der Waals surface area contributed by atoms with Gasteiger partial charge in [-0.25, -0.2) is 9.97 Å². The molecule has 298 valence electrons. The summed E-state index contributed by atoms with van der Waals surface area (Å²) < 4.78 is 2.62. The van der Waals surface area contributed by atoms with E-state index in [0.717, 1.165) is 11.1 Å². The first-order valence-corrected chi connectivity index (χ1v) is 21.6. The Morgan fingerprint density at radius 1 is 0.397 bits per heavy atom. The molecule has 11 rings (SSSR count). The number of benzene rings is 8. The van der Waals surface area contributed by atoms with Gasteiger partial charge in [-0.05, 0) is 57.6 Å². The number of hydrogen-bond donors (Lipinski definition) is 0. The van der Waals surface area contributed by atoms with Gasteiger partial charge in [0.15, 0.2) is 0 Å². The Labute approximate surface area is 367 Å². The first kappa shape index (κ1) is 37.8. The monoisotopic (exact) mass is 806 g/mol. The summed E-state index contributed by atoms with van der Waals surface area (Å²) in [5, 5.41) is 13.2. The Kier molecular flexibility index (Phi) is 9.84. The van der Waals surface area contributed by atoms with Crippen LogP contribution in [0.3, 0.4) is 0 Å². The van der Waals surface area contributed by atoms with Crippen molar-refractivity contribution in [3.05, 3.63) is 253 Å². The molecule has 2 heterocycles. The lowest BCUT2D eigenvalue weighted by molar-refractivity contribution is 0.349. The molecule has 4 nitrogen and oxygen atoms in total. The third kappa shape index (κ3) is 6.91. The second-order valence-corrected chi connectivity index (χ2v) is 16.3. The number of aromatic nitrogens is 3. The maximum absolute atomic E-state index is 10.8. The number of allylic oxidation sites excluding steroid dienone is 2. The van der Waals surface area contributed by atoms with Gasteiger partial charge in [0.2, 0.25) is 0 Å². The van der Waals surface area contributed by atoms with Gasteiger partial charge in [-0.3, -0.25) is 0 Å². The molecular weight excluding hydrogens is 765 g/mol. The maximum atomic E-state index is 10.8. The summed E-state index contributed by atoms with van der Waals surface area (Å²) >= 11 is 0. The summed E-state index contributed by atoms with van der Waals surface area (Å²) in [6.45, 7) is 0. The summed E-state index contributed by atoms with van der Waals surface area (Å²) in [6, 6.07) is 79.7. The molecule has 1 aliphatic rings. The minimum atomic E-state index is -0.255. The van der Waals surface area contributed by atoms with Crippen molar-refractivity contribution in [3.8, 4) is 50.8 Å². The van der Waals surface area contributed by atoms with E-state index < -0.39 is 0 Å². The molecular formula is C59H42N4. The summed E-state index contributed by atoms with van der Waals surface area (Å²) in [5.74, 6) is 0.305. The van der Waals surface area contributed by atoms with Crippen LogP contribution in [0.2, 0.25) is 0 Å². The normalized spacial score (nSPS) is 17.1. The minimum Gasteiger partial charge on any atom is -0.336 e. The van der Waals surface area contributed by atoms with E-state index in [-0.39, 0.29) is 23.8 Å². The highest BCUT2D eigenvalue weighted by Crippen LogP contribution is 2.54. The molecule has 0 aliphatic heterocycles. The fraction of sp³-hybridized carbons (Fsp3) is 0.0678. The Morgan fingerprint density at radius 3 is 1.24 bits per heavy atom. The second-order valence-electron chi connectivity index (χ2n) is 16.3. The van der Waals surface area contributed by atoms with Gasteiger partial charge in [0.1, 0.15) is 17.5 Å². The zero-order valence-electron chi connectivity index (χ0n) is 34.5. The molecule has 10 aromatic rings. The lowest BCUT2D eigenvalue weighted by atomic mass is 9.69. The molecule has 0 saturated carbocycles. The first-order valence-electron chi connectivity index (χ1n) is 21.6. The SMILES string of the molecule is N#Cc1c(-c2ccccc2)nc(C2C=CC(c3ccccc3)C(n3c4ccc(-c5ccccc5)cc4c4cc(-c5ccccc5)ccc43)C2c2ccccc2)nc1-c1ccccc1. The molecule has 0 amide bonds. The van der Waals surface area contributed by atoms with Gasteiger partial charge in [-0.1, -0.05) is 206 Å². The van der Waals surface area contributed by atoms with Crippen LogP contribution in [0.5, 0.6) is 0 Å². The van der Waals surface area contributed by atoms with Crippen molar-refractivity contribution in [2.24, 2.45) is 0 Å². The third-order valence-corrected chi connectivity index (χ3v) is 12.8. The molecule has 8 aromatic carbocycles. The molecule has 0 bridgehead atoms. The molecule has 0 spiro atoms. The smallest absolute Gasteiger partial charge is 0.137 e. The van der Waals surface area contributed by atoms with Crippen LogP contribution >= 0.6 is 0 Å². The van der Waals surface area contributed by atoms with Crippen LogP contribution < -0.4 is 0 Å². The van der Waals surface area contributed by atoms with Crippen LogP contribution in [-0.4, -0.2) is 14.5 Å². The highest BCUT2D eigenvalue weighted by Gasteiger charge is 2.43. The van der Waals surface area contributed by atoms with Gasteiger partial charge in [-0.2, -0.15) is 5.26 Å². The Bertz CT molecular complexity index is 3130. The molecule has 0 N–H and O–H groups in total. The maximum Gasteiger partial charge on any atom is 0.137 e. The van der Waals surface area contributed by atoms with Crippen molar-refractivity contribution in [2.45, 2.75) is 23.8 Å². The standard InChI is InChI=1S/C59H42N4/c60-39-52-56(44-27-15-5-16-28-44)61-59(62-57(52)45-29-17-6-18-30-45)49-34-33-48(42-23-11-3-12-24-42)58(55(49)43-25-13-4-14-26-43)63-53-35-31-46(40-19-7-1-8-20-40)37-50(53)51-38-47(32-36-54(51)63)41-21-9-2-10-22-41/h1-38,48-49,55,58H. The fourth-order valence-electron chi connectivity index (χ4n) is 9.88. The van der Waals surface area contributed by atoms with Gasteiger partial charge < -0.3 is 4.57 Å². The van der Waals surface area contributed by atoms with E-state index in [1.807, 2.05) is 60.7 Å². The average molecular weight is 807 g/mol. The van der Waals surface area contributed by atoms with Gasteiger partial charge >= 0.3 is 0 Å². The van der Waals surface area contributed by atoms with Gasteiger partial charge in [0, 0.05) is 50.7 Å². The third-order valence-electron chi connectivity index (χ3n) is 12.8. The van der Waals surface area contributed by atoms with E-state index in [1.165, 1.54) is 55.2 Å². The van der Waals surface area contributed by atoms with E-state index >= 15 is 0 Å². The van der Waals surface area contributed by atoms with Crippen molar-refractivity contribution in [2.75, 3.05) is 0 Å². The van der Waals surface area contributed by atoms with E-state index in [9.17, 15) is 5.26 Å². The number of hydrogen-bond acceptors (Lipinski definition) is 3. The fourth-order valence-corrected chi connectivity index (χ4v) is 9.88. The van der Waals surface area contributed by atoms with E-state index in [2.05, 4.69) is 181 Å². The van der Waals surface area contributed by atoms with Crippen LogP contribution in [0.15, 0.2) is 231 Å². The number of rotatable bonds is 8. The summed E-state index contributed by atoms with van der Waals surface area (Å²) in [5.41, 5.74) is 13.0. The largest absolute Gasteiger partial charge is 0.336 e. The lowest BCUT2D eigenvalue weighted by Gasteiger charge is -2.41. The number of nitrogens with zero attached hydrogens (tertiary/aromatic N) is 4. The van der Waals surface area contributed by atoms with Crippen LogP contribution in [0.25, 0.3) is 66.6 Å². The molecule has 4 heteroatoms. The van der Waals surface area contributed by atoms with Gasteiger partial charge in [0.25, 0.3) is 0 Å². The molecule has 1 aliphatic carbocycles. The Morgan fingerprint density at radius 2 is 0.794 bits per heavy atom. The summed E-state index contributed by atoms with van der Waals surface area (Å²) in [6.07, 6.45) is 4.73. The topological polar surface area (TPSA) is 54.5 Å². The summed E-state index contributed by atoms with van der Waals surface area (Å²) in [4.78, 5) is 10.9. The molecule has 0 fully saturated rings. The van der Waals surface area contributed by atoms with Crippen LogP contribution in [0, 0.1) is 11.3 Å². The zero-order valence-corrected chi connectivity index (χ0v) is 34.5. The average Bonchev–Trinajstić information content (AvgIpc) is 3.69. The highest BCUT2D eigenvalue weighted by atomic mass is 15.0. The molecule has 2 aromatic heterocycles. The zero-order chi connectivity index (χ0) is 42.1. The van der Waals surface area contributed by atoms with Gasteiger partial charge in [-0.15, -0.1) is 0 Å². The lowest BCUT2D eigenvalue weighted by Crippen LogP contribution is -2.31. The van der Waals surface area contributed by atoms with Crippen molar-refractivity contribution in [1.82, 2.24) is 14.5 Å². The quantitative estimate of drug-likeness (QED) is 0.144. The van der Waals surface area contributed by atoms with E-state index in [0.29, 0.717) is 22.8 Å².